The Labute approximate surface area is 71.3 Å². The number of carbonyl (C=O) groups is 1. The van der Waals surface area contributed by atoms with Crippen LogP contribution >= 0.6 is 0 Å². The van der Waals surface area contributed by atoms with Crippen LogP contribution in [-0.4, -0.2) is 24.3 Å². The third-order valence-corrected chi connectivity index (χ3v) is 2.29. The summed E-state index contributed by atoms with van der Waals surface area (Å²) in [4.78, 5) is 11.0. The molecule has 0 bridgehead atoms. The molecule has 3 unspecified atom stereocenters. The van der Waals surface area contributed by atoms with Crippen molar-refractivity contribution in [2.24, 2.45) is 0 Å². The molecular weight excluding hydrogens is 156 g/mol. The number of epoxide rings is 1. The van der Waals surface area contributed by atoms with Crippen molar-refractivity contribution in [3.8, 4) is 0 Å². The zero-order chi connectivity index (χ0) is 8.55. The molecule has 1 aliphatic carbocycles. The van der Waals surface area contributed by atoms with Gasteiger partial charge in [0.1, 0.15) is 12.2 Å². The van der Waals surface area contributed by atoms with Crippen LogP contribution in [0, 0.1) is 0 Å². The van der Waals surface area contributed by atoms with E-state index < -0.39 is 0 Å². The molecule has 0 N–H and O–H groups in total. The van der Waals surface area contributed by atoms with E-state index in [4.69, 9.17) is 9.47 Å². The molecule has 2 rings (SSSR count). The lowest BCUT2D eigenvalue weighted by molar-refractivity contribution is -0.144. The second-order valence-electron chi connectivity index (χ2n) is 3.19. The molecule has 2 aliphatic rings. The number of esters is 1. The predicted octanol–water partition coefficient (Wildman–Crippen LogP) is 1.04. The first-order valence-electron chi connectivity index (χ1n) is 4.30. The number of hydrogen-bond acceptors (Lipinski definition) is 3. The summed E-state index contributed by atoms with van der Waals surface area (Å²) in [5, 5.41) is 0. The fourth-order valence-electron chi connectivity index (χ4n) is 1.66. The van der Waals surface area contributed by atoms with Crippen LogP contribution in [0.5, 0.6) is 0 Å². The third kappa shape index (κ3) is 1.37. The lowest BCUT2D eigenvalue weighted by Gasteiger charge is -2.09. The Balaban J connectivity index is 1.82. The standard InChI is InChI=1S/C9H12O3/c1-2-3-8(10)11-6-4-5-7-9(6)12-7/h2-3,6-7,9H,4-5H2,1H3/b3-2+. The summed E-state index contributed by atoms with van der Waals surface area (Å²) < 4.78 is 10.4. The van der Waals surface area contributed by atoms with Gasteiger partial charge in [-0.3, -0.25) is 0 Å². The summed E-state index contributed by atoms with van der Waals surface area (Å²) in [5.74, 6) is -0.251. The highest BCUT2D eigenvalue weighted by molar-refractivity contribution is 5.82. The average molecular weight is 168 g/mol. The van der Waals surface area contributed by atoms with Crippen molar-refractivity contribution in [3.05, 3.63) is 12.2 Å². The SMILES string of the molecule is C/C=C/C(=O)OC1CCC2OC12. The minimum atomic E-state index is -0.251. The molecule has 0 aromatic carbocycles. The zero-order valence-electron chi connectivity index (χ0n) is 7.03. The molecule has 3 atom stereocenters. The number of fused-ring (bicyclic) bond motifs is 1. The van der Waals surface area contributed by atoms with Crippen molar-refractivity contribution in [1.82, 2.24) is 0 Å². The number of rotatable bonds is 2. The van der Waals surface area contributed by atoms with Crippen LogP contribution in [0.1, 0.15) is 19.8 Å². The van der Waals surface area contributed by atoms with Gasteiger partial charge in [-0.25, -0.2) is 4.79 Å². The fraction of sp³-hybridized carbons (Fsp3) is 0.667. The molecule has 0 radical (unpaired) electrons. The Morgan fingerprint density at radius 3 is 2.92 bits per heavy atom. The van der Waals surface area contributed by atoms with E-state index in [0.717, 1.165) is 12.8 Å². The van der Waals surface area contributed by atoms with Crippen molar-refractivity contribution in [2.75, 3.05) is 0 Å². The number of hydrogen-bond donors (Lipinski definition) is 0. The highest BCUT2D eigenvalue weighted by atomic mass is 16.6. The predicted molar refractivity (Wildman–Crippen MR) is 42.6 cm³/mol. The van der Waals surface area contributed by atoms with Gasteiger partial charge in [0, 0.05) is 6.08 Å². The minimum Gasteiger partial charge on any atom is -0.456 e. The summed E-state index contributed by atoms with van der Waals surface area (Å²) in [6.45, 7) is 1.80. The van der Waals surface area contributed by atoms with Crippen molar-refractivity contribution in [2.45, 2.75) is 38.1 Å². The Morgan fingerprint density at radius 1 is 1.58 bits per heavy atom. The van der Waals surface area contributed by atoms with E-state index in [0.29, 0.717) is 6.10 Å². The highest BCUT2D eigenvalue weighted by Crippen LogP contribution is 2.40. The Kier molecular flexibility index (Phi) is 1.89. The maximum Gasteiger partial charge on any atom is 0.330 e. The van der Waals surface area contributed by atoms with E-state index in [2.05, 4.69) is 0 Å². The van der Waals surface area contributed by atoms with Crippen LogP contribution in [0.3, 0.4) is 0 Å². The monoisotopic (exact) mass is 168 g/mol. The van der Waals surface area contributed by atoms with Gasteiger partial charge in [-0.05, 0) is 19.8 Å². The lowest BCUT2D eigenvalue weighted by Crippen LogP contribution is -2.19. The Morgan fingerprint density at radius 2 is 2.42 bits per heavy atom. The molecule has 12 heavy (non-hydrogen) atoms. The van der Waals surface area contributed by atoms with Crippen LogP contribution in [0.4, 0.5) is 0 Å². The molecular formula is C9H12O3. The van der Waals surface area contributed by atoms with E-state index in [1.54, 1.807) is 13.0 Å². The van der Waals surface area contributed by atoms with Gasteiger partial charge in [0.05, 0.1) is 6.10 Å². The number of ether oxygens (including phenoxy) is 2. The van der Waals surface area contributed by atoms with E-state index in [-0.39, 0.29) is 18.2 Å². The van der Waals surface area contributed by atoms with Crippen molar-refractivity contribution >= 4 is 5.97 Å². The van der Waals surface area contributed by atoms with Crippen LogP contribution in [-0.2, 0) is 14.3 Å². The van der Waals surface area contributed by atoms with Crippen molar-refractivity contribution in [3.63, 3.8) is 0 Å². The molecule has 66 valence electrons. The van der Waals surface area contributed by atoms with E-state index in [1.807, 2.05) is 0 Å². The molecule has 2 fully saturated rings. The zero-order valence-corrected chi connectivity index (χ0v) is 7.03. The summed E-state index contributed by atoms with van der Waals surface area (Å²) in [6.07, 6.45) is 5.72. The van der Waals surface area contributed by atoms with Crippen LogP contribution < -0.4 is 0 Å². The van der Waals surface area contributed by atoms with Gasteiger partial charge in [-0.15, -0.1) is 0 Å². The molecule has 1 saturated heterocycles. The minimum absolute atomic E-state index is 0.0127. The van der Waals surface area contributed by atoms with E-state index in [1.165, 1.54) is 6.08 Å². The molecule has 1 heterocycles. The molecule has 3 heteroatoms. The van der Waals surface area contributed by atoms with Gasteiger partial charge < -0.3 is 9.47 Å². The average Bonchev–Trinajstić information content (AvgIpc) is 2.71. The second kappa shape index (κ2) is 2.90. The van der Waals surface area contributed by atoms with Crippen molar-refractivity contribution in [1.29, 1.82) is 0 Å². The smallest absolute Gasteiger partial charge is 0.330 e. The molecule has 3 nitrogen and oxygen atoms in total. The van der Waals surface area contributed by atoms with Gasteiger partial charge in [0.25, 0.3) is 0 Å². The molecule has 1 saturated carbocycles. The lowest BCUT2D eigenvalue weighted by atomic mass is 10.3. The van der Waals surface area contributed by atoms with Gasteiger partial charge in [0.15, 0.2) is 0 Å². The second-order valence-corrected chi connectivity index (χ2v) is 3.19. The first-order chi connectivity index (χ1) is 5.81. The van der Waals surface area contributed by atoms with Gasteiger partial charge >= 0.3 is 5.97 Å². The van der Waals surface area contributed by atoms with Crippen LogP contribution in [0.15, 0.2) is 12.2 Å². The summed E-state index contributed by atoms with van der Waals surface area (Å²) in [5.41, 5.74) is 0. The largest absolute Gasteiger partial charge is 0.456 e. The molecule has 0 aromatic rings. The normalized spacial score (nSPS) is 38.2. The summed E-state index contributed by atoms with van der Waals surface area (Å²) in [7, 11) is 0. The van der Waals surface area contributed by atoms with Gasteiger partial charge in [-0.1, -0.05) is 6.08 Å². The van der Waals surface area contributed by atoms with E-state index >= 15 is 0 Å². The maximum absolute atomic E-state index is 11.0. The van der Waals surface area contributed by atoms with Gasteiger partial charge in [-0.2, -0.15) is 0 Å². The Bertz CT molecular complexity index is 222. The summed E-state index contributed by atoms with van der Waals surface area (Å²) in [6, 6.07) is 0. The van der Waals surface area contributed by atoms with Gasteiger partial charge in [0.2, 0.25) is 0 Å². The topological polar surface area (TPSA) is 38.8 Å². The Hall–Kier alpha value is -0.830. The molecule has 0 amide bonds. The van der Waals surface area contributed by atoms with Crippen LogP contribution in [0.25, 0.3) is 0 Å². The number of carbonyl (C=O) groups excluding carboxylic acids is 1. The first kappa shape index (κ1) is 7.80. The maximum atomic E-state index is 11.0. The highest BCUT2D eigenvalue weighted by Gasteiger charge is 2.52. The third-order valence-electron chi connectivity index (χ3n) is 2.29. The summed E-state index contributed by atoms with van der Waals surface area (Å²) >= 11 is 0. The molecule has 0 aromatic heterocycles. The first-order valence-corrected chi connectivity index (χ1v) is 4.30. The van der Waals surface area contributed by atoms with Crippen LogP contribution in [0.2, 0.25) is 0 Å². The van der Waals surface area contributed by atoms with Crippen molar-refractivity contribution < 1.29 is 14.3 Å². The van der Waals surface area contributed by atoms with E-state index in [9.17, 15) is 4.79 Å². The molecule has 0 spiro atoms. The quantitative estimate of drug-likeness (QED) is 0.351. The molecule has 1 aliphatic heterocycles. The number of allylic oxidation sites excluding steroid dienone is 1. The fourth-order valence-corrected chi connectivity index (χ4v) is 1.66.